The Morgan fingerprint density at radius 3 is 2.57 bits per heavy atom. The predicted octanol–water partition coefficient (Wildman–Crippen LogP) is 3.54. The highest BCUT2D eigenvalue weighted by atomic mass is 32.1. The second-order valence-corrected chi connectivity index (χ2v) is 5.41. The van der Waals surface area contributed by atoms with Gasteiger partial charge < -0.3 is 10.1 Å². The van der Waals surface area contributed by atoms with Crippen LogP contribution >= 0.6 is 11.3 Å². The zero-order valence-corrected chi connectivity index (χ0v) is 12.6. The molecule has 1 N–H and O–H groups in total. The summed E-state index contributed by atoms with van der Waals surface area (Å²) < 4.78 is 17.8. The molecule has 0 atom stereocenters. The van der Waals surface area contributed by atoms with Gasteiger partial charge in [0.15, 0.2) is 0 Å². The van der Waals surface area contributed by atoms with E-state index in [-0.39, 0.29) is 5.91 Å². The number of methoxy groups -OCH3 is 1. The number of carbonyl (C=O) groups excluding carboxylic acids is 2. The summed E-state index contributed by atoms with van der Waals surface area (Å²) in [5, 5.41) is 4.46. The topological polar surface area (TPSA) is 55.4 Å². The summed E-state index contributed by atoms with van der Waals surface area (Å²) in [5.41, 5.74) is 2.09. The number of ether oxygens (including phenoxy) is 1. The number of carbonyl (C=O) groups is 2. The summed E-state index contributed by atoms with van der Waals surface area (Å²) in [7, 11) is 1.28. The van der Waals surface area contributed by atoms with Gasteiger partial charge in [0.25, 0.3) is 5.91 Å². The molecule has 0 bridgehead atoms. The predicted molar refractivity (Wildman–Crippen MR) is 79.5 cm³/mol. The third-order valence-electron chi connectivity index (χ3n) is 3.02. The summed E-state index contributed by atoms with van der Waals surface area (Å²) in [6.07, 6.45) is 0. The van der Waals surface area contributed by atoms with Gasteiger partial charge in [-0.05, 0) is 48.6 Å². The van der Waals surface area contributed by atoms with Crippen LogP contribution in [0.2, 0.25) is 0 Å². The van der Waals surface area contributed by atoms with Gasteiger partial charge in [-0.2, -0.15) is 0 Å². The van der Waals surface area contributed by atoms with Crippen molar-refractivity contribution >= 4 is 28.9 Å². The summed E-state index contributed by atoms with van der Waals surface area (Å²) in [5.74, 6) is -1.29. The summed E-state index contributed by atoms with van der Waals surface area (Å²) >= 11 is 1.20. The molecule has 0 saturated heterocycles. The van der Waals surface area contributed by atoms with Gasteiger partial charge in [0.1, 0.15) is 10.7 Å². The summed E-state index contributed by atoms with van der Waals surface area (Å²) in [6.45, 7) is 3.44. The number of halogens is 1. The molecule has 0 unspecified atom stereocenters. The van der Waals surface area contributed by atoms with Crippen LogP contribution in [0.15, 0.2) is 23.6 Å². The average Bonchev–Trinajstić information content (AvgIpc) is 2.79. The van der Waals surface area contributed by atoms with Gasteiger partial charge >= 0.3 is 5.97 Å². The van der Waals surface area contributed by atoms with E-state index in [1.54, 1.807) is 19.2 Å². The Morgan fingerprint density at radius 2 is 1.95 bits per heavy atom. The van der Waals surface area contributed by atoms with Gasteiger partial charge in [0, 0.05) is 5.56 Å². The van der Waals surface area contributed by atoms with E-state index in [0.717, 1.165) is 5.56 Å². The van der Waals surface area contributed by atoms with Crippen molar-refractivity contribution in [3.05, 3.63) is 51.0 Å². The van der Waals surface area contributed by atoms with Crippen molar-refractivity contribution in [2.75, 3.05) is 12.4 Å². The van der Waals surface area contributed by atoms with E-state index in [1.165, 1.54) is 36.6 Å². The van der Waals surface area contributed by atoms with Crippen molar-refractivity contribution in [2.24, 2.45) is 0 Å². The normalized spacial score (nSPS) is 10.3. The van der Waals surface area contributed by atoms with E-state index in [0.29, 0.717) is 21.7 Å². The Hall–Kier alpha value is -2.21. The maximum atomic E-state index is 13.1. The Bertz CT molecular complexity index is 709. The van der Waals surface area contributed by atoms with E-state index in [2.05, 4.69) is 10.1 Å². The van der Waals surface area contributed by atoms with E-state index in [9.17, 15) is 14.0 Å². The molecule has 0 spiro atoms. The molecule has 1 aromatic heterocycles. The van der Waals surface area contributed by atoms with Crippen LogP contribution in [0.3, 0.4) is 0 Å². The SMILES string of the molecule is COC(=O)c1scc(C)c1NC(=O)c1ccc(F)cc1C. The molecule has 2 rings (SSSR count). The zero-order chi connectivity index (χ0) is 15.6. The molecule has 2 aromatic rings. The minimum atomic E-state index is -0.501. The smallest absolute Gasteiger partial charge is 0.350 e. The van der Waals surface area contributed by atoms with Crippen molar-refractivity contribution in [1.82, 2.24) is 0 Å². The van der Waals surface area contributed by atoms with E-state index in [4.69, 9.17) is 0 Å². The van der Waals surface area contributed by atoms with Crippen molar-refractivity contribution < 1.29 is 18.7 Å². The van der Waals surface area contributed by atoms with Crippen LogP contribution in [0, 0.1) is 19.7 Å². The number of esters is 1. The first-order valence-corrected chi connectivity index (χ1v) is 7.06. The van der Waals surface area contributed by atoms with Crippen LogP contribution < -0.4 is 5.32 Å². The molecule has 0 aliphatic rings. The monoisotopic (exact) mass is 307 g/mol. The van der Waals surface area contributed by atoms with Gasteiger partial charge in [0.2, 0.25) is 0 Å². The third kappa shape index (κ3) is 3.11. The van der Waals surface area contributed by atoms with Crippen LogP contribution in [0.25, 0.3) is 0 Å². The summed E-state index contributed by atoms with van der Waals surface area (Å²) in [6, 6.07) is 3.93. The van der Waals surface area contributed by atoms with Crippen LogP contribution in [0.4, 0.5) is 10.1 Å². The van der Waals surface area contributed by atoms with Crippen molar-refractivity contribution in [2.45, 2.75) is 13.8 Å². The number of aryl methyl sites for hydroxylation is 2. The molecule has 1 heterocycles. The third-order valence-corrected chi connectivity index (χ3v) is 4.10. The first kappa shape index (κ1) is 15.2. The molecule has 1 aromatic carbocycles. The zero-order valence-electron chi connectivity index (χ0n) is 11.8. The Kier molecular flexibility index (Phi) is 4.37. The number of benzene rings is 1. The second-order valence-electron chi connectivity index (χ2n) is 4.53. The van der Waals surface area contributed by atoms with Gasteiger partial charge in [0.05, 0.1) is 12.8 Å². The maximum Gasteiger partial charge on any atom is 0.350 e. The molecule has 0 fully saturated rings. The lowest BCUT2D eigenvalue weighted by Gasteiger charge is -2.09. The number of amides is 1. The van der Waals surface area contributed by atoms with Crippen molar-refractivity contribution in [1.29, 1.82) is 0 Å². The highest BCUT2D eigenvalue weighted by Crippen LogP contribution is 2.29. The maximum absolute atomic E-state index is 13.1. The molecule has 0 aliphatic carbocycles. The van der Waals surface area contributed by atoms with Crippen LogP contribution in [-0.2, 0) is 4.74 Å². The number of hydrogen-bond acceptors (Lipinski definition) is 4. The fourth-order valence-electron chi connectivity index (χ4n) is 1.91. The molecule has 6 heteroatoms. The number of rotatable bonds is 3. The van der Waals surface area contributed by atoms with Crippen molar-refractivity contribution in [3.63, 3.8) is 0 Å². The van der Waals surface area contributed by atoms with Crippen LogP contribution in [0.1, 0.15) is 31.2 Å². The molecular formula is C15H14FNO3S. The fourth-order valence-corrected chi connectivity index (χ4v) is 2.83. The summed E-state index contributed by atoms with van der Waals surface area (Å²) in [4.78, 5) is 24.3. The van der Waals surface area contributed by atoms with Gasteiger partial charge in [-0.3, -0.25) is 4.79 Å². The number of thiophene rings is 1. The number of nitrogens with one attached hydrogen (secondary N) is 1. The van der Waals surface area contributed by atoms with Gasteiger partial charge in [-0.15, -0.1) is 11.3 Å². The molecule has 4 nitrogen and oxygen atoms in total. The largest absolute Gasteiger partial charge is 0.465 e. The molecule has 110 valence electrons. The highest BCUT2D eigenvalue weighted by Gasteiger charge is 2.20. The number of anilines is 1. The van der Waals surface area contributed by atoms with Crippen LogP contribution in [-0.4, -0.2) is 19.0 Å². The second kappa shape index (κ2) is 6.05. The lowest BCUT2D eigenvalue weighted by molar-refractivity contribution is 0.0607. The Morgan fingerprint density at radius 1 is 1.24 bits per heavy atom. The highest BCUT2D eigenvalue weighted by molar-refractivity contribution is 7.12. The van der Waals surface area contributed by atoms with E-state index in [1.807, 2.05) is 0 Å². The molecule has 0 radical (unpaired) electrons. The van der Waals surface area contributed by atoms with E-state index >= 15 is 0 Å². The Labute approximate surface area is 125 Å². The first-order valence-electron chi connectivity index (χ1n) is 6.18. The average molecular weight is 307 g/mol. The first-order chi connectivity index (χ1) is 9.93. The van der Waals surface area contributed by atoms with Gasteiger partial charge in [-0.25, -0.2) is 9.18 Å². The molecule has 0 aliphatic heterocycles. The lowest BCUT2D eigenvalue weighted by atomic mass is 10.1. The Balaban J connectivity index is 2.32. The van der Waals surface area contributed by atoms with Crippen LogP contribution in [0.5, 0.6) is 0 Å². The quantitative estimate of drug-likeness (QED) is 0.882. The molecule has 0 saturated carbocycles. The van der Waals surface area contributed by atoms with Crippen molar-refractivity contribution in [3.8, 4) is 0 Å². The lowest BCUT2D eigenvalue weighted by Crippen LogP contribution is -2.16. The minimum absolute atomic E-state index is 0.336. The standard InChI is InChI=1S/C15H14FNO3S/c1-8-6-10(16)4-5-11(8)14(18)17-12-9(2)7-21-13(12)15(19)20-3/h4-7H,1-3H3,(H,17,18). The molecule has 1 amide bonds. The fraction of sp³-hybridized carbons (Fsp3) is 0.200. The number of hydrogen-bond donors (Lipinski definition) is 1. The molecule has 21 heavy (non-hydrogen) atoms. The van der Waals surface area contributed by atoms with Gasteiger partial charge in [-0.1, -0.05) is 0 Å². The van der Waals surface area contributed by atoms with E-state index < -0.39 is 11.8 Å². The molecular weight excluding hydrogens is 293 g/mol. The minimum Gasteiger partial charge on any atom is -0.465 e.